The molecule has 0 fully saturated rings. The van der Waals surface area contributed by atoms with E-state index in [1.807, 2.05) is 6.07 Å². The van der Waals surface area contributed by atoms with E-state index >= 15 is 0 Å². The third-order valence-electron chi connectivity index (χ3n) is 2.33. The van der Waals surface area contributed by atoms with Crippen LogP contribution in [0.25, 0.3) is 10.9 Å². The topological polar surface area (TPSA) is 56.2 Å². The zero-order chi connectivity index (χ0) is 10.1. The average molecular weight is 191 g/mol. The van der Waals surface area contributed by atoms with Crippen LogP contribution in [-0.2, 0) is 6.42 Å². The Hall–Kier alpha value is -1.64. The van der Waals surface area contributed by atoms with Crippen molar-refractivity contribution >= 4 is 10.9 Å². The summed E-state index contributed by atoms with van der Waals surface area (Å²) in [4.78, 5) is 3.19. The maximum absolute atomic E-state index is 9.57. The van der Waals surface area contributed by atoms with Crippen molar-refractivity contribution in [3.63, 3.8) is 0 Å². The van der Waals surface area contributed by atoms with Gasteiger partial charge in [-0.15, -0.1) is 0 Å². The maximum Gasteiger partial charge on any atom is 0.166 e. The first kappa shape index (κ1) is 8.94. The number of benzene rings is 1. The second kappa shape index (κ2) is 3.25. The number of aromatic amines is 1. The molecule has 2 rings (SSSR count). The summed E-state index contributed by atoms with van der Waals surface area (Å²) in [6.45, 7) is 2.10. The number of fused-ring (bicyclic) bond motifs is 1. The second-order valence-corrected chi connectivity index (χ2v) is 3.44. The average Bonchev–Trinajstić information content (AvgIpc) is 2.56. The number of H-pyrrole nitrogens is 1. The highest BCUT2D eigenvalue weighted by Crippen LogP contribution is 2.33. The summed E-state index contributed by atoms with van der Waals surface area (Å²) in [6.07, 6.45) is 2.01. The molecule has 0 aliphatic carbocycles. The Labute approximate surface area is 82.0 Å². The fourth-order valence-corrected chi connectivity index (χ4v) is 1.64. The van der Waals surface area contributed by atoms with Crippen LogP contribution in [-0.4, -0.2) is 15.2 Å². The third-order valence-corrected chi connectivity index (χ3v) is 2.33. The molecule has 0 aliphatic heterocycles. The predicted octanol–water partition coefficient (Wildman–Crippen LogP) is 2.53. The van der Waals surface area contributed by atoms with Crippen molar-refractivity contribution in [2.45, 2.75) is 19.8 Å². The van der Waals surface area contributed by atoms with Gasteiger partial charge in [0.1, 0.15) is 0 Å². The fraction of sp³-hybridized carbons (Fsp3) is 0.273. The molecule has 0 unspecified atom stereocenters. The Morgan fingerprint density at radius 3 is 2.79 bits per heavy atom. The lowest BCUT2D eigenvalue weighted by atomic mass is 10.2. The van der Waals surface area contributed by atoms with Crippen molar-refractivity contribution in [3.05, 3.63) is 23.9 Å². The summed E-state index contributed by atoms with van der Waals surface area (Å²) in [7, 11) is 0. The van der Waals surface area contributed by atoms with Crippen molar-refractivity contribution < 1.29 is 10.2 Å². The molecule has 14 heavy (non-hydrogen) atoms. The highest BCUT2D eigenvalue weighted by atomic mass is 16.3. The monoisotopic (exact) mass is 191 g/mol. The lowest BCUT2D eigenvalue weighted by molar-refractivity contribution is 0.408. The number of aromatic nitrogens is 1. The van der Waals surface area contributed by atoms with Gasteiger partial charge in [-0.1, -0.05) is 13.3 Å². The normalized spacial score (nSPS) is 10.9. The van der Waals surface area contributed by atoms with Gasteiger partial charge in [-0.25, -0.2) is 0 Å². The zero-order valence-corrected chi connectivity index (χ0v) is 8.04. The van der Waals surface area contributed by atoms with Gasteiger partial charge in [0.05, 0.1) is 0 Å². The number of hydrogen-bond acceptors (Lipinski definition) is 2. The molecule has 0 aliphatic rings. The van der Waals surface area contributed by atoms with Gasteiger partial charge >= 0.3 is 0 Å². The smallest absolute Gasteiger partial charge is 0.166 e. The number of aryl methyl sites for hydroxylation is 1. The molecule has 0 atom stereocenters. The van der Waals surface area contributed by atoms with E-state index in [2.05, 4.69) is 11.9 Å². The van der Waals surface area contributed by atoms with E-state index in [0.29, 0.717) is 5.39 Å². The Morgan fingerprint density at radius 2 is 2.07 bits per heavy atom. The minimum absolute atomic E-state index is 0.0406. The molecule has 74 valence electrons. The van der Waals surface area contributed by atoms with E-state index in [0.717, 1.165) is 24.1 Å². The van der Waals surface area contributed by atoms with Gasteiger partial charge in [0, 0.05) is 16.6 Å². The highest BCUT2D eigenvalue weighted by Gasteiger charge is 2.07. The largest absolute Gasteiger partial charge is 0.504 e. The van der Waals surface area contributed by atoms with E-state index < -0.39 is 0 Å². The number of aromatic hydroxyl groups is 2. The minimum Gasteiger partial charge on any atom is -0.504 e. The number of nitrogens with one attached hydrogen (secondary N) is 1. The van der Waals surface area contributed by atoms with E-state index in [9.17, 15) is 10.2 Å². The van der Waals surface area contributed by atoms with Gasteiger partial charge in [-0.3, -0.25) is 0 Å². The van der Waals surface area contributed by atoms with E-state index in [-0.39, 0.29) is 11.5 Å². The second-order valence-electron chi connectivity index (χ2n) is 3.44. The van der Waals surface area contributed by atoms with Crippen LogP contribution in [0.1, 0.15) is 19.0 Å². The summed E-state index contributed by atoms with van der Waals surface area (Å²) in [5, 5.41) is 19.6. The predicted molar refractivity (Wildman–Crippen MR) is 55.6 cm³/mol. The van der Waals surface area contributed by atoms with Crippen LogP contribution in [0, 0.1) is 0 Å². The molecule has 3 nitrogen and oxygen atoms in total. The van der Waals surface area contributed by atoms with Crippen molar-refractivity contribution in [2.75, 3.05) is 0 Å². The lowest BCUT2D eigenvalue weighted by Gasteiger charge is -1.96. The van der Waals surface area contributed by atoms with Gasteiger partial charge in [0.2, 0.25) is 0 Å². The van der Waals surface area contributed by atoms with Crippen LogP contribution in [0.2, 0.25) is 0 Å². The van der Waals surface area contributed by atoms with Crippen LogP contribution in [0.15, 0.2) is 18.2 Å². The molecular weight excluding hydrogens is 178 g/mol. The molecule has 0 saturated heterocycles. The lowest BCUT2D eigenvalue weighted by Crippen LogP contribution is -1.79. The highest BCUT2D eigenvalue weighted by molar-refractivity contribution is 5.88. The zero-order valence-electron chi connectivity index (χ0n) is 8.04. The molecule has 1 aromatic carbocycles. The van der Waals surface area contributed by atoms with Gasteiger partial charge < -0.3 is 15.2 Å². The number of phenols is 2. The molecule has 0 spiro atoms. The van der Waals surface area contributed by atoms with Crippen LogP contribution in [0.3, 0.4) is 0 Å². The molecule has 2 aromatic rings. The van der Waals surface area contributed by atoms with Crippen LogP contribution < -0.4 is 0 Å². The fourth-order valence-electron chi connectivity index (χ4n) is 1.64. The van der Waals surface area contributed by atoms with Gasteiger partial charge in [-0.05, 0) is 24.6 Å². The first-order valence-corrected chi connectivity index (χ1v) is 4.75. The van der Waals surface area contributed by atoms with Crippen molar-refractivity contribution in [3.8, 4) is 11.5 Å². The molecule has 3 N–H and O–H groups in total. The van der Waals surface area contributed by atoms with Crippen LogP contribution in [0.5, 0.6) is 11.5 Å². The SMILES string of the molecule is CCCc1cc2c(O)c(O)ccc2[nH]1. The van der Waals surface area contributed by atoms with Crippen molar-refractivity contribution in [1.82, 2.24) is 4.98 Å². The summed E-state index contributed by atoms with van der Waals surface area (Å²) >= 11 is 0. The summed E-state index contributed by atoms with van der Waals surface area (Å²) < 4.78 is 0. The number of hydrogen-bond donors (Lipinski definition) is 3. The summed E-state index contributed by atoms with van der Waals surface area (Å²) in [5.41, 5.74) is 1.95. The molecule has 0 saturated carbocycles. The summed E-state index contributed by atoms with van der Waals surface area (Å²) in [6, 6.07) is 5.14. The summed E-state index contributed by atoms with van der Waals surface area (Å²) in [5.74, 6) is -0.111. The Kier molecular flexibility index (Phi) is 2.08. The number of phenolic OH excluding ortho intramolecular Hbond substituents is 2. The van der Waals surface area contributed by atoms with E-state index in [4.69, 9.17) is 0 Å². The Balaban J connectivity index is 2.59. The molecule has 1 aromatic heterocycles. The van der Waals surface area contributed by atoms with Crippen molar-refractivity contribution in [2.24, 2.45) is 0 Å². The van der Waals surface area contributed by atoms with Gasteiger partial charge in [0.25, 0.3) is 0 Å². The number of rotatable bonds is 2. The quantitative estimate of drug-likeness (QED) is 0.639. The molecular formula is C11H13NO2. The maximum atomic E-state index is 9.57. The molecule has 1 heterocycles. The molecule has 0 radical (unpaired) electrons. The van der Waals surface area contributed by atoms with E-state index in [1.165, 1.54) is 6.07 Å². The Morgan fingerprint density at radius 1 is 1.29 bits per heavy atom. The van der Waals surface area contributed by atoms with Crippen LogP contribution in [0.4, 0.5) is 0 Å². The molecule has 0 bridgehead atoms. The first-order valence-electron chi connectivity index (χ1n) is 4.75. The standard InChI is InChI=1S/C11H13NO2/c1-2-3-7-6-8-9(12-7)4-5-10(13)11(8)14/h4-6,12-14H,2-3H2,1H3. The van der Waals surface area contributed by atoms with E-state index in [1.54, 1.807) is 6.07 Å². The first-order chi connectivity index (χ1) is 6.72. The third kappa shape index (κ3) is 1.31. The Bertz CT molecular complexity index is 460. The van der Waals surface area contributed by atoms with Gasteiger partial charge in [-0.2, -0.15) is 0 Å². The molecule has 0 amide bonds. The van der Waals surface area contributed by atoms with Gasteiger partial charge in [0.15, 0.2) is 11.5 Å². The molecule has 3 heteroatoms. The minimum atomic E-state index is -0.0699. The van der Waals surface area contributed by atoms with Crippen LogP contribution >= 0.6 is 0 Å². The van der Waals surface area contributed by atoms with Crippen molar-refractivity contribution in [1.29, 1.82) is 0 Å².